The average molecular weight is 257 g/mol. The van der Waals surface area contributed by atoms with E-state index in [1.165, 1.54) is 0 Å². The van der Waals surface area contributed by atoms with Crippen molar-refractivity contribution in [2.24, 2.45) is 0 Å². The Morgan fingerprint density at radius 3 is 2.74 bits per heavy atom. The summed E-state index contributed by atoms with van der Waals surface area (Å²) < 4.78 is 4.47. The van der Waals surface area contributed by atoms with E-state index in [-0.39, 0.29) is 11.3 Å². The fraction of sp³-hybridized carbons (Fsp3) is 0. The maximum Gasteiger partial charge on any atom is 0.374 e. The van der Waals surface area contributed by atoms with Gasteiger partial charge < -0.3 is 14.9 Å². The molecule has 0 aliphatic carbocycles. The molecule has 19 heavy (non-hydrogen) atoms. The van der Waals surface area contributed by atoms with Gasteiger partial charge in [-0.25, -0.2) is 4.79 Å². The first-order valence-electron chi connectivity index (χ1n) is 5.12. The lowest BCUT2D eigenvalue weighted by atomic mass is 10.2. The van der Waals surface area contributed by atoms with Gasteiger partial charge in [-0.05, 0) is 12.1 Å². The van der Waals surface area contributed by atoms with E-state index in [2.05, 4.69) is 15.0 Å². The topological polar surface area (TPSA) is 116 Å². The summed E-state index contributed by atoms with van der Waals surface area (Å²) in [6.45, 7) is 0. The van der Waals surface area contributed by atoms with E-state index in [1.807, 2.05) is 6.07 Å². The smallest absolute Gasteiger partial charge is 0.374 e. The number of benzene rings is 1. The van der Waals surface area contributed by atoms with E-state index in [4.69, 9.17) is 10.4 Å². The van der Waals surface area contributed by atoms with E-state index in [1.54, 1.807) is 24.3 Å². The molecule has 1 heterocycles. The molecule has 0 saturated carbocycles. The van der Waals surface area contributed by atoms with Crippen molar-refractivity contribution < 1.29 is 19.2 Å². The molecule has 0 fully saturated rings. The molecular weight excluding hydrogens is 250 g/mol. The molecule has 0 unspecified atom stereocenters. The number of anilines is 1. The fourth-order valence-electron chi connectivity index (χ4n) is 1.36. The van der Waals surface area contributed by atoms with Crippen LogP contribution in [0.3, 0.4) is 0 Å². The first-order chi connectivity index (χ1) is 9.11. The standard InChI is InChI=1S/C12H7N3O4/c13-6-7-3-1-2-4-8(7)14-11(16)9-5-10(12(17)18)19-15-9/h1-5H,(H,14,16)(H,17,18). The lowest BCUT2D eigenvalue weighted by molar-refractivity contribution is 0.0651. The van der Waals surface area contributed by atoms with Gasteiger partial charge in [0.2, 0.25) is 5.76 Å². The molecule has 7 heteroatoms. The fourth-order valence-corrected chi connectivity index (χ4v) is 1.36. The van der Waals surface area contributed by atoms with Crippen molar-refractivity contribution in [2.75, 3.05) is 5.32 Å². The van der Waals surface area contributed by atoms with Gasteiger partial charge in [0.1, 0.15) is 6.07 Å². The van der Waals surface area contributed by atoms with Gasteiger partial charge in [-0.15, -0.1) is 0 Å². The van der Waals surface area contributed by atoms with Gasteiger partial charge in [0.25, 0.3) is 5.91 Å². The number of carbonyl (C=O) groups is 2. The van der Waals surface area contributed by atoms with E-state index in [9.17, 15) is 9.59 Å². The molecule has 0 radical (unpaired) electrons. The number of para-hydroxylation sites is 1. The van der Waals surface area contributed by atoms with E-state index in [0.29, 0.717) is 5.69 Å². The molecule has 94 valence electrons. The number of amides is 1. The monoisotopic (exact) mass is 257 g/mol. The van der Waals surface area contributed by atoms with Crippen LogP contribution in [0.15, 0.2) is 34.9 Å². The third-order valence-corrected chi connectivity index (χ3v) is 2.25. The van der Waals surface area contributed by atoms with Crippen molar-refractivity contribution in [1.29, 1.82) is 5.26 Å². The summed E-state index contributed by atoms with van der Waals surface area (Å²) in [6.07, 6.45) is 0. The SMILES string of the molecule is N#Cc1ccccc1NC(=O)c1cc(C(=O)O)on1. The Labute approximate surface area is 107 Å². The van der Waals surface area contributed by atoms with Gasteiger partial charge in [-0.3, -0.25) is 4.79 Å². The molecule has 2 N–H and O–H groups in total. The number of carboxylic acid groups (broad SMARTS) is 1. The summed E-state index contributed by atoms with van der Waals surface area (Å²) in [4.78, 5) is 22.4. The summed E-state index contributed by atoms with van der Waals surface area (Å²) in [6, 6.07) is 9.34. The van der Waals surface area contributed by atoms with Crippen molar-refractivity contribution in [3.05, 3.63) is 47.3 Å². The molecule has 2 rings (SSSR count). The summed E-state index contributed by atoms with van der Waals surface area (Å²) in [7, 11) is 0. The molecule has 0 spiro atoms. The minimum atomic E-state index is -1.32. The number of hydrogen-bond acceptors (Lipinski definition) is 5. The Balaban J connectivity index is 2.21. The quantitative estimate of drug-likeness (QED) is 0.860. The Bertz CT molecular complexity index is 684. The van der Waals surface area contributed by atoms with E-state index in [0.717, 1.165) is 6.07 Å². The number of nitrogens with zero attached hydrogens (tertiary/aromatic N) is 2. The van der Waals surface area contributed by atoms with Crippen LogP contribution in [0.25, 0.3) is 0 Å². The minimum Gasteiger partial charge on any atom is -0.475 e. The molecule has 7 nitrogen and oxygen atoms in total. The number of carboxylic acids is 1. The Morgan fingerprint density at radius 1 is 1.37 bits per heavy atom. The molecule has 1 aromatic carbocycles. The highest BCUT2D eigenvalue weighted by Crippen LogP contribution is 2.15. The second kappa shape index (κ2) is 5.01. The molecule has 0 atom stereocenters. The maximum absolute atomic E-state index is 11.8. The van der Waals surface area contributed by atoms with Crippen molar-refractivity contribution in [1.82, 2.24) is 5.16 Å². The number of rotatable bonds is 3. The van der Waals surface area contributed by atoms with E-state index < -0.39 is 17.6 Å². The molecule has 1 aromatic heterocycles. The second-order valence-corrected chi connectivity index (χ2v) is 3.49. The Morgan fingerprint density at radius 2 is 2.11 bits per heavy atom. The molecule has 2 aromatic rings. The number of carbonyl (C=O) groups excluding carboxylic acids is 1. The highest BCUT2D eigenvalue weighted by atomic mass is 16.5. The highest BCUT2D eigenvalue weighted by Gasteiger charge is 2.17. The van der Waals surface area contributed by atoms with Crippen LogP contribution in [0.4, 0.5) is 5.69 Å². The highest BCUT2D eigenvalue weighted by molar-refractivity contribution is 6.04. The average Bonchev–Trinajstić information content (AvgIpc) is 2.89. The lowest BCUT2D eigenvalue weighted by Gasteiger charge is -2.03. The van der Waals surface area contributed by atoms with Crippen LogP contribution < -0.4 is 5.32 Å². The van der Waals surface area contributed by atoms with Gasteiger partial charge in [-0.1, -0.05) is 17.3 Å². The Hall–Kier alpha value is -3.14. The normalized spacial score (nSPS) is 9.63. The zero-order valence-corrected chi connectivity index (χ0v) is 9.45. The van der Waals surface area contributed by atoms with Crippen molar-refractivity contribution >= 4 is 17.6 Å². The predicted molar refractivity (Wildman–Crippen MR) is 62.6 cm³/mol. The van der Waals surface area contributed by atoms with Gasteiger partial charge >= 0.3 is 5.97 Å². The Kier molecular flexibility index (Phi) is 3.25. The van der Waals surface area contributed by atoms with Crippen LogP contribution in [-0.2, 0) is 0 Å². The largest absolute Gasteiger partial charge is 0.475 e. The summed E-state index contributed by atoms with van der Waals surface area (Å²) in [5.41, 5.74) is 0.429. The number of nitrogens with one attached hydrogen (secondary N) is 1. The van der Waals surface area contributed by atoms with Gasteiger partial charge in [-0.2, -0.15) is 5.26 Å². The van der Waals surface area contributed by atoms with Crippen LogP contribution in [0.5, 0.6) is 0 Å². The number of nitriles is 1. The summed E-state index contributed by atoms with van der Waals surface area (Å²) in [5.74, 6) is -2.40. The summed E-state index contributed by atoms with van der Waals surface area (Å²) >= 11 is 0. The second-order valence-electron chi connectivity index (χ2n) is 3.49. The lowest BCUT2D eigenvalue weighted by Crippen LogP contribution is -2.13. The molecule has 1 amide bonds. The van der Waals surface area contributed by atoms with Crippen LogP contribution in [-0.4, -0.2) is 22.1 Å². The predicted octanol–water partition coefficient (Wildman–Crippen LogP) is 1.50. The minimum absolute atomic E-state index is 0.176. The molecule has 0 bridgehead atoms. The third kappa shape index (κ3) is 2.58. The van der Waals surface area contributed by atoms with Crippen molar-refractivity contribution in [3.8, 4) is 6.07 Å². The zero-order valence-electron chi connectivity index (χ0n) is 9.45. The van der Waals surface area contributed by atoms with Crippen LogP contribution in [0.2, 0.25) is 0 Å². The van der Waals surface area contributed by atoms with Crippen LogP contribution in [0.1, 0.15) is 26.6 Å². The first kappa shape index (κ1) is 12.3. The molecule has 0 aliphatic rings. The third-order valence-electron chi connectivity index (χ3n) is 2.25. The zero-order chi connectivity index (χ0) is 13.8. The molecule has 0 aliphatic heterocycles. The van der Waals surface area contributed by atoms with Gasteiger partial charge in [0.15, 0.2) is 5.69 Å². The van der Waals surface area contributed by atoms with Crippen LogP contribution >= 0.6 is 0 Å². The van der Waals surface area contributed by atoms with Crippen molar-refractivity contribution in [3.63, 3.8) is 0 Å². The van der Waals surface area contributed by atoms with Crippen LogP contribution in [0, 0.1) is 11.3 Å². The first-order valence-corrected chi connectivity index (χ1v) is 5.12. The number of aromatic nitrogens is 1. The summed E-state index contributed by atoms with van der Waals surface area (Å²) in [5, 5.41) is 23.3. The van der Waals surface area contributed by atoms with Gasteiger partial charge in [0.05, 0.1) is 11.3 Å². The number of hydrogen-bond donors (Lipinski definition) is 2. The van der Waals surface area contributed by atoms with E-state index >= 15 is 0 Å². The molecular formula is C12H7N3O4. The van der Waals surface area contributed by atoms with Crippen molar-refractivity contribution in [2.45, 2.75) is 0 Å². The number of aromatic carboxylic acids is 1. The molecule has 0 saturated heterocycles. The van der Waals surface area contributed by atoms with Gasteiger partial charge in [0, 0.05) is 6.07 Å². The maximum atomic E-state index is 11.8.